The fourth-order valence-electron chi connectivity index (χ4n) is 1.04. The lowest BCUT2D eigenvalue weighted by atomic mass is 10.0. The highest BCUT2D eigenvalue weighted by Crippen LogP contribution is 2.27. The number of thioether (sulfide) groups is 1. The molecule has 0 saturated carbocycles. The second kappa shape index (κ2) is 3.47. The van der Waals surface area contributed by atoms with Crippen molar-refractivity contribution in [3.8, 4) is 0 Å². The predicted octanol–water partition coefficient (Wildman–Crippen LogP) is 1.35. The Morgan fingerprint density at radius 2 is 2.33 bits per heavy atom. The Hall–Kier alpha value is 0.310. The van der Waals surface area contributed by atoms with Gasteiger partial charge in [0.15, 0.2) is 0 Å². The van der Waals surface area contributed by atoms with E-state index in [4.69, 9.17) is 0 Å². The van der Waals surface area contributed by atoms with Crippen LogP contribution in [0.5, 0.6) is 0 Å². The van der Waals surface area contributed by atoms with Crippen molar-refractivity contribution < 1.29 is 0 Å². The third kappa shape index (κ3) is 2.18. The van der Waals surface area contributed by atoms with Crippen molar-refractivity contribution in [2.45, 2.75) is 19.4 Å². The number of nitrogens with one attached hydrogen (secondary N) is 1. The van der Waals surface area contributed by atoms with Crippen LogP contribution in [0.15, 0.2) is 0 Å². The normalized spacial score (nSPS) is 23.3. The highest BCUT2D eigenvalue weighted by atomic mass is 32.2. The molecule has 0 aromatic heterocycles. The highest BCUT2D eigenvalue weighted by Gasteiger charge is 2.19. The van der Waals surface area contributed by atoms with Gasteiger partial charge in [-0.25, -0.2) is 0 Å². The van der Waals surface area contributed by atoms with Crippen LogP contribution in [0.2, 0.25) is 0 Å². The molecule has 0 aromatic rings. The molecule has 0 bridgehead atoms. The van der Waals surface area contributed by atoms with Crippen molar-refractivity contribution in [2.75, 3.05) is 18.6 Å². The largest absolute Gasteiger partial charge is 0.317 e. The van der Waals surface area contributed by atoms with E-state index >= 15 is 0 Å². The van der Waals surface area contributed by atoms with Crippen LogP contribution >= 0.6 is 11.8 Å². The van der Waals surface area contributed by atoms with Crippen LogP contribution in [-0.4, -0.2) is 24.6 Å². The minimum Gasteiger partial charge on any atom is -0.317 e. The average Bonchev–Trinajstić information content (AvgIpc) is 1.78. The summed E-state index contributed by atoms with van der Waals surface area (Å²) in [6.45, 7) is 2.25. The minimum atomic E-state index is 0.718. The van der Waals surface area contributed by atoms with Gasteiger partial charge in [0, 0.05) is 6.04 Å². The third-order valence-corrected chi connectivity index (χ3v) is 3.30. The molecule has 1 atom stereocenters. The van der Waals surface area contributed by atoms with E-state index in [1.165, 1.54) is 17.9 Å². The van der Waals surface area contributed by atoms with Crippen LogP contribution in [0, 0.1) is 5.92 Å². The van der Waals surface area contributed by atoms with Crippen LogP contribution < -0.4 is 5.32 Å². The van der Waals surface area contributed by atoms with Gasteiger partial charge in [0.1, 0.15) is 0 Å². The van der Waals surface area contributed by atoms with Crippen molar-refractivity contribution in [3.05, 3.63) is 0 Å². The van der Waals surface area contributed by atoms with Crippen LogP contribution in [0.1, 0.15) is 13.3 Å². The molecule has 0 amide bonds. The van der Waals surface area contributed by atoms with E-state index in [0.29, 0.717) is 0 Å². The molecule has 0 aliphatic carbocycles. The number of hydrogen-bond donors (Lipinski definition) is 1. The van der Waals surface area contributed by atoms with Gasteiger partial charge in [0.25, 0.3) is 0 Å². The molecule has 1 heterocycles. The zero-order valence-electron chi connectivity index (χ0n) is 6.18. The Kier molecular flexibility index (Phi) is 2.86. The van der Waals surface area contributed by atoms with Gasteiger partial charge >= 0.3 is 0 Å². The molecule has 1 aliphatic heterocycles. The molecule has 1 saturated heterocycles. The molecular weight excluding hydrogens is 130 g/mol. The molecule has 1 aliphatic rings. The monoisotopic (exact) mass is 145 g/mol. The first-order chi connectivity index (χ1) is 4.33. The van der Waals surface area contributed by atoms with Crippen molar-refractivity contribution >= 4 is 11.8 Å². The summed E-state index contributed by atoms with van der Waals surface area (Å²) < 4.78 is 0. The fourth-order valence-corrected chi connectivity index (χ4v) is 1.88. The van der Waals surface area contributed by atoms with E-state index < -0.39 is 0 Å². The molecule has 1 nitrogen and oxygen atoms in total. The molecule has 54 valence electrons. The quantitative estimate of drug-likeness (QED) is 0.643. The molecule has 1 fully saturated rings. The fraction of sp³-hybridized carbons (Fsp3) is 1.00. The molecule has 1 unspecified atom stereocenters. The first-order valence-corrected chi connectivity index (χ1v) is 4.73. The summed E-state index contributed by atoms with van der Waals surface area (Å²) in [4.78, 5) is 0. The molecular formula is C7H15NS. The van der Waals surface area contributed by atoms with Gasteiger partial charge in [-0.1, -0.05) is 0 Å². The molecule has 0 radical (unpaired) electrons. The topological polar surface area (TPSA) is 12.0 Å². The summed E-state index contributed by atoms with van der Waals surface area (Å²) in [5.41, 5.74) is 0. The molecule has 1 N–H and O–H groups in total. The second-order valence-corrected chi connectivity index (χ2v) is 3.90. The van der Waals surface area contributed by atoms with Crippen molar-refractivity contribution in [2.24, 2.45) is 5.92 Å². The van der Waals surface area contributed by atoms with Gasteiger partial charge in [0.05, 0.1) is 0 Å². The van der Waals surface area contributed by atoms with Crippen molar-refractivity contribution in [1.82, 2.24) is 5.32 Å². The summed E-state index contributed by atoms with van der Waals surface area (Å²) in [5, 5.41) is 3.25. The smallest absolute Gasteiger partial charge is 0.00389 e. The van der Waals surface area contributed by atoms with Gasteiger partial charge in [0.2, 0.25) is 0 Å². The summed E-state index contributed by atoms with van der Waals surface area (Å²) in [7, 11) is 2.04. The van der Waals surface area contributed by atoms with Crippen molar-refractivity contribution in [1.29, 1.82) is 0 Å². The molecule has 1 rings (SSSR count). The van der Waals surface area contributed by atoms with Crippen LogP contribution in [0.3, 0.4) is 0 Å². The van der Waals surface area contributed by atoms with E-state index in [1.54, 1.807) is 0 Å². The Morgan fingerprint density at radius 1 is 1.67 bits per heavy atom. The SMILES string of the molecule is CNC(C)CC1CSC1. The predicted molar refractivity (Wildman–Crippen MR) is 44.0 cm³/mol. The molecule has 9 heavy (non-hydrogen) atoms. The number of hydrogen-bond acceptors (Lipinski definition) is 2. The summed E-state index contributed by atoms with van der Waals surface area (Å²) in [6.07, 6.45) is 1.36. The maximum absolute atomic E-state index is 3.25. The molecule has 0 spiro atoms. The first-order valence-electron chi connectivity index (χ1n) is 3.58. The van der Waals surface area contributed by atoms with Crippen LogP contribution in [0.25, 0.3) is 0 Å². The van der Waals surface area contributed by atoms with Crippen LogP contribution in [0.4, 0.5) is 0 Å². The molecule has 2 heteroatoms. The Labute approximate surface area is 61.6 Å². The zero-order chi connectivity index (χ0) is 6.69. The highest BCUT2D eigenvalue weighted by molar-refractivity contribution is 8.00. The van der Waals surface area contributed by atoms with Gasteiger partial charge in [-0.15, -0.1) is 0 Å². The minimum absolute atomic E-state index is 0.718. The Bertz CT molecular complexity index is 78.2. The van der Waals surface area contributed by atoms with E-state index in [9.17, 15) is 0 Å². The lowest BCUT2D eigenvalue weighted by Crippen LogP contribution is -2.29. The summed E-state index contributed by atoms with van der Waals surface area (Å²) in [6, 6.07) is 0.718. The Morgan fingerprint density at radius 3 is 2.67 bits per heavy atom. The van der Waals surface area contributed by atoms with Gasteiger partial charge in [-0.3, -0.25) is 0 Å². The number of rotatable bonds is 3. The van der Waals surface area contributed by atoms with E-state index in [2.05, 4.69) is 24.0 Å². The standard InChI is InChI=1S/C7H15NS/c1-6(8-2)3-7-4-9-5-7/h6-8H,3-5H2,1-2H3. The van der Waals surface area contributed by atoms with Gasteiger partial charge in [-0.05, 0) is 37.8 Å². The van der Waals surface area contributed by atoms with E-state index in [-0.39, 0.29) is 0 Å². The van der Waals surface area contributed by atoms with Crippen LogP contribution in [-0.2, 0) is 0 Å². The van der Waals surface area contributed by atoms with Gasteiger partial charge in [-0.2, -0.15) is 11.8 Å². The maximum atomic E-state index is 3.25. The first kappa shape index (κ1) is 7.42. The Balaban J connectivity index is 2.01. The molecule has 0 aromatic carbocycles. The average molecular weight is 145 g/mol. The lowest BCUT2D eigenvalue weighted by molar-refractivity contribution is 0.466. The second-order valence-electron chi connectivity index (χ2n) is 2.83. The summed E-state index contributed by atoms with van der Waals surface area (Å²) >= 11 is 2.07. The lowest BCUT2D eigenvalue weighted by Gasteiger charge is -2.27. The van der Waals surface area contributed by atoms with Gasteiger partial charge < -0.3 is 5.32 Å². The zero-order valence-corrected chi connectivity index (χ0v) is 7.00. The maximum Gasteiger partial charge on any atom is 0.00389 e. The van der Waals surface area contributed by atoms with E-state index in [0.717, 1.165) is 12.0 Å². The van der Waals surface area contributed by atoms with E-state index in [1.807, 2.05) is 7.05 Å². The third-order valence-electron chi connectivity index (χ3n) is 1.89. The van der Waals surface area contributed by atoms with Crippen molar-refractivity contribution in [3.63, 3.8) is 0 Å². The summed E-state index contributed by atoms with van der Waals surface area (Å²) in [5.74, 6) is 3.80.